The van der Waals surface area contributed by atoms with Crippen LogP contribution in [0.5, 0.6) is 0 Å². The molecule has 1 N–H and O–H groups in total. The Kier molecular flexibility index (Phi) is 4.01. The molecule has 0 aliphatic rings. The van der Waals surface area contributed by atoms with Gasteiger partial charge in [0.05, 0.1) is 16.8 Å². The van der Waals surface area contributed by atoms with Crippen molar-refractivity contribution in [2.75, 3.05) is 6.54 Å². The molecule has 0 saturated carbocycles. The molecule has 1 atom stereocenters. The number of hydrogen-bond donors (Lipinski definition) is 1. The highest BCUT2D eigenvalue weighted by atomic mass is 35.5. The van der Waals surface area contributed by atoms with Crippen LogP contribution in [0.25, 0.3) is 0 Å². The highest BCUT2D eigenvalue weighted by Gasteiger charge is 2.14. The predicted octanol–water partition coefficient (Wildman–Crippen LogP) is 2.22. The summed E-state index contributed by atoms with van der Waals surface area (Å²) in [6.45, 7) is 2.89. The molecule has 0 saturated heterocycles. The minimum Gasteiger partial charge on any atom is -0.305 e. The molecule has 2 rings (SSSR count). The van der Waals surface area contributed by atoms with Crippen LogP contribution in [0.4, 0.5) is 0 Å². The molecule has 0 bridgehead atoms. The van der Waals surface area contributed by atoms with Gasteiger partial charge in [-0.1, -0.05) is 18.5 Å². The lowest BCUT2D eigenvalue weighted by Crippen LogP contribution is -2.23. The third-order valence-corrected chi connectivity index (χ3v) is 2.59. The molecule has 88 valence electrons. The average molecular weight is 249 g/mol. The first-order chi connectivity index (χ1) is 8.31. The zero-order valence-corrected chi connectivity index (χ0v) is 10.2. The second-order valence-electron chi connectivity index (χ2n) is 3.56. The summed E-state index contributed by atoms with van der Waals surface area (Å²) in [4.78, 5) is 12.4. The summed E-state index contributed by atoms with van der Waals surface area (Å²) in [5.74, 6) is 0. The van der Waals surface area contributed by atoms with Gasteiger partial charge in [-0.15, -0.1) is 0 Å². The summed E-state index contributed by atoms with van der Waals surface area (Å²) in [6.07, 6.45) is 6.74. The molecule has 5 heteroatoms. The predicted molar refractivity (Wildman–Crippen MR) is 66.8 cm³/mol. The fourth-order valence-electron chi connectivity index (χ4n) is 1.62. The lowest BCUT2D eigenvalue weighted by molar-refractivity contribution is 0.611. The molecule has 17 heavy (non-hydrogen) atoms. The van der Waals surface area contributed by atoms with Crippen molar-refractivity contribution in [1.82, 2.24) is 20.3 Å². The summed E-state index contributed by atoms with van der Waals surface area (Å²) in [6, 6.07) is 3.74. The Morgan fingerprint density at radius 3 is 2.59 bits per heavy atom. The summed E-state index contributed by atoms with van der Waals surface area (Å²) in [5.41, 5.74) is 1.90. The van der Waals surface area contributed by atoms with Crippen molar-refractivity contribution in [3.8, 4) is 0 Å². The minimum atomic E-state index is -0.00142. The third-order valence-electron chi connectivity index (χ3n) is 2.37. The minimum absolute atomic E-state index is 0.00142. The van der Waals surface area contributed by atoms with Crippen LogP contribution in [0, 0.1) is 0 Å². The van der Waals surface area contributed by atoms with Gasteiger partial charge in [-0.25, -0.2) is 9.97 Å². The van der Waals surface area contributed by atoms with E-state index in [1.165, 1.54) is 6.33 Å². The Bertz CT molecular complexity index is 458. The third kappa shape index (κ3) is 2.99. The van der Waals surface area contributed by atoms with E-state index in [-0.39, 0.29) is 6.04 Å². The van der Waals surface area contributed by atoms with E-state index in [1.807, 2.05) is 19.1 Å². The molecule has 4 nitrogen and oxygen atoms in total. The SMILES string of the molecule is CCNC(c1cncnc1)c1ccc(Cl)cn1. The zero-order chi connectivity index (χ0) is 12.1. The summed E-state index contributed by atoms with van der Waals surface area (Å²) < 4.78 is 0. The Balaban J connectivity index is 2.32. The Hall–Kier alpha value is -1.52. The smallest absolute Gasteiger partial charge is 0.115 e. The van der Waals surface area contributed by atoms with Crippen molar-refractivity contribution in [1.29, 1.82) is 0 Å². The fourth-order valence-corrected chi connectivity index (χ4v) is 1.73. The lowest BCUT2D eigenvalue weighted by atomic mass is 10.1. The summed E-state index contributed by atoms with van der Waals surface area (Å²) in [5, 5.41) is 3.98. The van der Waals surface area contributed by atoms with Gasteiger partial charge < -0.3 is 5.32 Å². The number of aromatic nitrogens is 3. The normalized spacial score (nSPS) is 12.4. The highest BCUT2D eigenvalue weighted by molar-refractivity contribution is 6.30. The van der Waals surface area contributed by atoms with Gasteiger partial charge in [0, 0.05) is 24.2 Å². The first kappa shape index (κ1) is 12.0. The van der Waals surface area contributed by atoms with Gasteiger partial charge >= 0.3 is 0 Å². The molecule has 2 aromatic rings. The topological polar surface area (TPSA) is 50.7 Å². The Morgan fingerprint density at radius 2 is 2.00 bits per heavy atom. The molecule has 1 unspecified atom stereocenters. The van der Waals surface area contributed by atoms with Crippen LogP contribution in [-0.4, -0.2) is 21.5 Å². The Morgan fingerprint density at radius 1 is 1.24 bits per heavy atom. The quantitative estimate of drug-likeness (QED) is 0.902. The van der Waals surface area contributed by atoms with Gasteiger partial charge in [0.25, 0.3) is 0 Å². The van der Waals surface area contributed by atoms with Crippen molar-refractivity contribution in [3.05, 3.63) is 53.3 Å². The van der Waals surface area contributed by atoms with Crippen molar-refractivity contribution in [3.63, 3.8) is 0 Å². The molecule has 0 amide bonds. The maximum atomic E-state index is 5.83. The van der Waals surface area contributed by atoms with Crippen LogP contribution in [-0.2, 0) is 0 Å². The molecular weight excluding hydrogens is 236 g/mol. The van der Waals surface area contributed by atoms with E-state index >= 15 is 0 Å². The van der Waals surface area contributed by atoms with Gasteiger partial charge in [-0.05, 0) is 18.7 Å². The zero-order valence-electron chi connectivity index (χ0n) is 9.47. The van der Waals surface area contributed by atoms with E-state index in [0.29, 0.717) is 5.02 Å². The molecule has 0 aromatic carbocycles. The van der Waals surface area contributed by atoms with E-state index in [9.17, 15) is 0 Å². The Labute approximate surface area is 105 Å². The van der Waals surface area contributed by atoms with E-state index in [1.54, 1.807) is 18.6 Å². The van der Waals surface area contributed by atoms with E-state index in [0.717, 1.165) is 17.8 Å². The summed E-state index contributed by atoms with van der Waals surface area (Å²) >= 11 is 5.83. The van der Waals surface area contributed by atoms with Crippen LogP contribution < -0.4 is 5.32 Å². The fraction of sp³-hybridized carbons (Fsp3) is 0.250. The van der Waals surface area contributed by atoms with Gasteiger partial charge in [0.2, 0.25) is 0 Å². The van der Waals surface area contributed by atoms with E-state index in [4.69, 9.17) is 11.6 Å². The maximum absolute atomic E-state index is 5.83. The van der Waals surface area contributed by atoms with Crippen LogP contribution in [0.1, 0.15) is 24.2 Å². The van der Waals surface area contributed by atoms with E-state index in [2.05, 4.69) is 20.3 Å². The average Bonchev–Trinajstić information content (AvgIpc) is 2.38. The molecule has 2 heterocycles. The van der Waals surface area contributed by atoms with Crippen molar-refractivity contribution in [2.45, 2.75) is 13.0 Å². The van der Waals surface area contributed by atoms with E-state index < -0.39 is 0 Å². The number of nitrogens with one attached hydrogen (secondary N) is 1. The first-order valence-electron chi connectivity index (χ1n) is 5.41. The second-order valence-corrected chi connectivity index (χ2v) is 4.00. The molecule has 2 aromatic heterocycles. The first-order valence-corrected chi connectivity index (χ1v) is 5.78. The van der Waals surface area contributed by atoms with Gasteiger partial charge in [0.1, 0.15) is 6.33 Å². The van der Waals surface area contributed by atoms with Crippen LogP contribution >= 0.6 is 11.6 Å². The number of pyridine rings is 1. The van der Waals surface area contributed by atoms with Crippen molar-refractivity contribution >= 4 is 11.6 Å². The van der Waals surface area contributed by atoms with Crippen molar-refractivity contribution in [2.24, 2.45) is 0 Å². The maximum Gasteiger partial charge on any atom is 0.115 e. The van der Waals surface area contributed by atoms with Gasteiger partial charge in [0.15, 0.2) is 0 Å². The molecule has 0 aliphatic carbocycles. The van der Waals surface area contributed by atoms with Crippen molar-refractivity contribution < 1.29 is 0 Å². The number of hydrogen-bond acceptors (Lipinski definition) is 4. The number of nitrogens with zero attached hydrogens (tertiary/aromatic N) is 3. The molecular formula is C12H13ClN4. The molecule has 0 spiro atoms. The highest BCUT2D eigenvalue weighted by Crippen LogP contribution is 2.19. The largest absolute Gasteiger partial charge is 0.305 e. The van der Waals surface area contributed by atoms with Crippen LogP contribution in [0.15, 0.2) is 37.1 Å². The monoisotopic (exact) mass is 248 g/mol. The standard InChI is InChI=1S/C12H13ClN4/c1-2-16-12(9-5-14-8-15-6-9)11-4-3-10(13)7-17-11/h3-8,12,16H,2H2,1H3. The number of halogens is 1. The molecule has 0 radical (unpaired) electrons. The molecule has 0 aliphatic heterocycles. The molecule has 0 fully saturated rings. The van der Waals surface area contributed by atoms with Gasteiger partial charge in [-0.2, -0.15) is 0 Å². The number of rotatable bonds is 4. The summed E-state index contributed by atoms with van der Waals surface area (Å²) in [7, 11) is 0. The second kappa shape index (κ2) is 5.70. The van der Waals surface area contributed by atoms with Crippen LogP contribution in [0.3, 0.4) is 0 Å². The van der Waals surface area contributed by atoms with Gasteiger partial charge in [-0.3, -0.25) is 4.98 Å². The van der Waals surface area contributed by atoms with Crippen LogP contribution in [0.2, 0.25) is 5.02 Å². The lowest BCUT2D eigenvalue weighted by Gasteiger charge is -2.16.